The molecule has 0 aromatic heterocycles. The van der Waals surface area contributed by atoms with Gasteiger partial charge in [-0.2, -0.15) is 0 Å². The summed E-state index contributed by atoms with van der Waals surface area (Å²) in [7, 11) is 0. The molecule has 133 valence electrons. The number of hydrogen-bond donors (Lipinski definition) is 1. The van der Waals surface area contributed by atoms with E-state index >= 15 is 0 Å². The first-order valence-corrected chi connectivity index (χ1v) is 9.00. The first-order valence-electron chi connectivity index (χ1n) is 9.00. The number of benzene rings is 2. The van der Waals surface area contributed by atoms with E-state index in [1.807, 2.05) is 18.2 Å². The Labute approximate surface area is 178 Å². The molecular weight excluding hydrogens is 383 g/mol. The quantitative estimate of drug-likeness (QED) is 0.661. The molecule has 0 saturated heterocycles. The van der Waals surface area contributed by atoms with Gasteiger partial charge in [-0.15, -0.1) is 0 Å². The van der Waals surface area contributed by atoms with Crippen molar-refractivity contribution in [3.8, 4) is 5.75 Å². The second-order valence-corrected chi connectivity index (χ2v) is 7.24. The Hall–Kier alpha value is -0.696. The zero-order chi connectivity index (χ0) is 17.7. The molecule has 0 aliphatic rings. The molecule has 0 bridgehead atoms. The van der Waals surface area contributed by atoms with Crippen LogP contribution < -0.4 is 0 Å². The molecule has 1 atom stereocenters. The average Bonchev–Trinajstić information content (AvgIpc) is 2.54. The maximum atomic E-state index is 10.4. The van der Waals surface area contributed by atoms with Crippen molar-refractivity contribution in [3.05, 3.63) is 65.2 Å². The van der Waals surface area contributed by atoms with Crippen LogP contribution >= 0.6 is 0 Å². The minimum absolute atomic E-state index is 0. The van der Waals surface area contributed by atoms with E-state index in [1.54, 1.807) is 0 Å². The third-order valence-corrected chi connectivity index (χ3v) is 4.76. The minimum atomic E-state index is 0. The Kier molecular flexibility index (Phi) is 9.34. The Balaban J connectivity index is 0.00000312. The summed E-state index contributed by atoms with van der Waals surface area (Å²) in [5.74, 6) is 0.612. The van der Waals surface area contributed by atoms with Crippen molar-refractivity contribution in [1.29, 1.82) is 0 Å². The SMILES string of the molecule is Cc1ccc(O)c(C(CCN(C(C)C)C(C)C)c2ccccc2)c1.[Y]. The number of hydrogen-bond acceptors (Lipinski definition) is 2. The third kappa shape index (κ3) is 6.20. The molecule has 3 heteroatoms. The first-order chi connectivity index (χ1) is 11.4. The molecule has 2 aromatic rings. The van der Waals surface area contributed by atoms with Crippen LogP contribution in [0.4, 0.5) is 0 Å². The van der Waals surface area contributed by atoms with E-state index in [0.717, 1.165) is 18.5 Å². The predicted molar refractivity (Wildman–Crippen MR) is 103 cm³/mol. The van der Waals surface area contributed by atoms with E-state index in [0.29, 0.717) is 17.8 Å². The van der Waals surface area contributed by atoms with Crippen LogP contribution in [0.1, 0.15) is 56.7 Å². The van der Waals surface area contributed by atoms with Crippen LogP contribution in [0, 0.1) is 6.92 Å². The topological polar surface area (TPSA) is 23.5 Å². The van der Waals surface area contributed by atoms with E-state index in [4.69, 9.17) is 0 Å². The van der Waals surface area contributed by atoms with Gasteiger partial charge in [0, 0.05) is 56.3 Å². The van der Waals surface area contributed by atoms with Crippen LogP contribution in [0.25, 0.3) is 0 Å². The number of rotatable bonds is 7. The standard InChI is InChI=1S/C22H31NO.Y/c1-16(2)23(17(3)4)14-13-20(19-9-7-6-8-10-19)21-15-18(5)11-12-22(21)24;/h6-12,15-17,20,24H,13-14H2,1-5H3;. The maximum absolute atomic E-state index is 10.4. The zero-order valence-electron chi connectivity index (χ0n) is 16.2. The third-order valence-electron chi connectivity index (χ3n) is 4.76. The normalized spacial score (nSPS) is 12.5. The predicted octanol–water partition coefficient (Wildman–Crippen LogP) is 5.34. The zero-order valence-corrected chi connectivity index (χ0v) is 19.1. The van der Waals surface area contributed by atoms with E-state index in [-0.39, 0.29) is 38.6 Å². The Morgan fingerprint density at radius 2 is 1.52 bits per heavy atom. The summed E-state index contributed by atoms with van der Waals surface area (Å²) in [4.78, 5) is 2.52. The van der Waals surface area contributed by atoms with Gasteiger partial charge in [0.25, 0.3) is 0 Å². The average molecular weight is 414 g/mol. The van der Waals surface area contributed by atoms with Crippen molar-refractivity contribution in [2.24, 2.45) is 0 Å². The second-order valence-electron chi connectivity index (χ2n) is 7.24. The molecular formula is C22H31NOY. The number of nitrogens with zero attached hydrogens (tertiary/aromatic N) is 1. The van der Waals surface area contributed by atoms with Crippen LogP contribution in [-0.4, -0.2) is 28.6 Å². The van der Waals surface area contributed by atoms with Gasteiger partial charge >= 0.3 is 0 Å². The molecule has 1 radical (unpaired) electrons. The summed E-state index contributed by atoms with van der Waals surface area (Å²) in [6.45, 7) is 12.1. The minimum Gasteiger partial charge on any atom is -0.508 e. The fourth-order valence-electron chi connectivity index (χ4n) is 3.53. The second kappa shape index (κ2) is 10.5. The van der Waals surface area contributed by atoms with Gasteiger partial charge in [-0.3, -0.25) is 4.90 Å². The molecule has 0 aliphatic heterocycles. The molecule has 1 unspecified atom stereocenters. The molecule has 2 nitrogen and oxygen atoms in total. The number of aromatic hydroxyl groups is 1. The van der Waals surface area contributed by atoms with E-state index < -0.39 is 0 Å². The van der Waals surface area contributed by atoms with E-state index in [9.17, 15) is 5.11 Å². The van der Waals surface area contributed by atoms with E-state index in [2.05, 4.69) is 69.9 Å². The maximum Gasteiger partial charge on any atom is 0.119 e. The van der Waals surface area contributed by atoms with Gasteiger partial charge in [0.2, 0.25) is 0 Å². The number of phenolic OH excluding ortho intramolecular Hbond substituents is 1. The molecule has 1 N–H and O–H groups in total. The smallest absolute Gasteiger partial charge is 0.119 e. The number of phenols is 1. The fraction of sp³-hybridized carbons (Fsp3) is 0.455. The van der Waals surface area contributed by atoms with Crippen LogP contribution in [0.2, 0.25) is 0 Å². The van der Waals surface area contributed by atoms with Crippen molar-refractivity contribution >= 4 is 0 Å². The van der Waals surface area contributed by atoms with Gasteiger partial charge in [0.15, 0.2) is 0 Å². The molecule has 0 saturated carbocycles. The Morgan fingerprint density at radius 3 is 2.08 bits per heavy atom. The molecule has 0 aliphatic carbocycles. The van der Waals surface area contributed by atoms with Crippen molar-refractivity contribution in [3.63, 3.8) is 0 Å². The van der Waals surface area contributed by atoms with Crippen LogP contribution in [0.15, 0.2) is 48.5 Å². The summed E-state index contributed by atoms with van der Waals surface area (Å²) < 4.78 is 0. The van der Waals surface area contributed by atoms with Gasteiger partial charge < -0.3 is 5.11 Å². The van der Waals surface area contributed by atoms with Crippen LogP contribution in [-0.2, 0) is 32.7 Å². The molecule has 0 spiro atoms. The summed E-state index contributed by atoms with van der Waals surface area (Å²) in [6.07, 6.45) is 0.997. The van der Waals surface area contributed by atoms with Crippen molar-refractivity contribution < 1.29 is 37.8 Å². The molecule has 0 heterocycles. The van der Waals surface area contributed by atoms with Gasteiger partial charge in [-0.1, -0.05) is 48.0 Å². The van der Waals surface area contributed by atoms with Crippen LogP contribution in [0.3, 0.4) is 0 Å². The largest absolute Gasteiger partial charge is 0.508 e. The fourth-order valence-corrected chi connectivity index (χ4v) is 3.53. The molecule has 25 heavy (non-hydrogen) atoms. The van der Waals surface area contributed by atoms with Gasteiger partial charge in [-0.05, 0) is 59.2 Å². The van der Waals surface area contributed by atoms with E-state index in [1.165, 1.54) is 11.1 Å². The first kappa shape index (κ1) is 22.3. The molecule has 2 aromatic carbocycles. The van der Waals surface area contributed by atoms with Gasteiger partial charge in [0.1, 0.15) is 5.75 Å². The summed E-state index contributed by atoms with van der Waals surface area (Å²) >= 11 is 0. The Bertz CT molecular complexity index is 632. The Morgan fingerprint density at radius 1 is 0.920 bits per heavy atom. The van der Waals surface area contributed by atoms with Gasteiger partial charge in [0.05, 0.1) is 0 Å². The summed E-state index contributed by atoms with van der Waals surface area (Å²) in [5, 5.41) is 10.4. The molecule has 0 amide bonds. The van der Waals surface area contributed by atoms with Crippen molar-refractivity contribution in [1.82, 2.24) is 4.90 Å². The van der Waals surface area contributed by atoms with Crippen molar-refractivity contribution in [2.75, 3.05) is 6.54 Å². The summed E-state index contributed by atoms with van der Waals surface area (Å²) in [6, 6.07) is 17.5. The molecule has 2 rings (SSSR count). The van der Waals surface area contributed by atoms with Gasteiger partial charge in [-0.25, -0.2) is 0 Å². The number of aryl methyl sites for hydroxylation is 1. The van der Waals surface area contributed by atoms with Crippen LogP contribution in [0.5, 0.6) is 5.75 Å². The monoisotopic (exact) mass is 414 g/mol. The molecule has 0 fully saturated rings. The van der Waals surface area contributed by atoms with Crippen molar-refractivity contribution in [2.45, 2.75) is 59.0 Å². The summed E-state index contributed by atoms with van der Waals surface area (Å²) in [5.41, 5.74) is 3.49.